The molecule has 0 radical (unpaired) electrons. The second-order valence-corrected chi connectivity index (χ2v) is 8.40. The summed E-state index contributed by atoms with van der Waals surface area (Å²) in [6, 6.07) is 4.67. The number of ether oxygens (including phenoxy) is 1. The molecule has 1 aromatic carbocycles. The van der Waals surface area contributed by atoms with Crippen molar-refractivity contribution in [2.75, 3.05) is 24.2 Å². The van der Waals surface area contributed by atoms with Crippen molar-refractivity contribution in [1.29, 1.82) is 0 Å². The lowest BCUT2D eigenvalue weighted by Crippen LogP contribution is -2.50. The molecule has 1 N–H and O–H groups in total. The quantitative estimate of drug-likeness (QED) is 0.752. The molecule has 1 saturated heterocycles. The van der Waals surface area contributed by atoms with Crippen LogP contribution < -0.4 is 10.1 Å². The Morgan fingerprint density at radius 2 is 1.93 bits per heavy atom. The fraction of sp³-hybridized carbons (Fsp3) is 0.588. The van der Waals surface area contributed by atoms with Crippen molar-refractivity contribution in [3.05, 3.63) is 24.3 Å². The van der Waals surface area contributed by atoms with Gasteiger partial charge in [0.05, 0.1) is 5.75 Å². The molecule has 1 unspecified atom stereocenters. The van der Waals surface area contributed by atoms with Crippen LogP contribution in [0.3, 0.4) is 0 Å². The summed E-state index contributed by atoms with van der Waals surface area (Å²) in [4.78, 5) is 12.6. The van der Waals surface area contributed by atoms with E-state index in [1.807, 2.05) is 0 Å². The number of carbonyl (C=O) groups is 1. The lowest BCUT2D eigenvalue weighted by Gasteiger charge is -2.33. The van der Waals surface area contributed by atoms with E-state index >= 15 is 0 Å². The second-order valence-electron chi connectivity index (χ2n) is 6.36. The first-order valence-electron chi connectivity index (χ1n) is 8.72. The zero-order chi connectivity index (χ0) is 20.1. The van der Waals surface area contributed by atoms with Gasteiger partial charge in [0, 0.05) is 12.2 Å². The predicted octanol–water partition coefficient (Wildman–Crippen LogP) is 3.16. The summed E-state index contributed by atoms with van der Waals surface area (Å²) in [6.45, 7) is 0.675. The van der Waals surface area contributed by atoms with Crippen LogP contribution in [0.25, 0.3) is 0 Å². The minimum atomic E-state index is -4.43. The summed E-state index contributed by atoms with van der Waals surface area (Å²) in [6.07, 6.45) is -2.08. The molecule has 1 fully saturated rings. The molecule has 0 aliphatic carbocycles. The fourth-order valence-corrected chi connectivity index (χ4v) is 4.65. The number of piperidine rings is 1. The van der Waals surface area contributed by atoms with Crippen LogP contribution in [0.15, 0.2) is 24.3 Å². The third-order valence-corrected chi connectivity index (χ3v) is 6.18. The van der Waals surface area contributed by atoms with Gasteiger partial charge in [-0.05, 0) is 43.5 Å². The summed E-state index contributed by atoms with van der Waals surface area (Å²) < 4.78 is 67.1. The first-order chi connectivity index (χ1) is 12.6. The van der Waals surface area contributed by atoms with Crippen LogP contribution in [0.5, 0.6) is 5.75 Å². The van der Waals surface area contributed by atoms with Gasteiger partial charge in [-0.2, -0.15) is 17.5 Å². The second kappa shape index (κ2) is 8.92. The molecule has 0 saturated carbocycles. The Balaban J connectivity index is 2.02. The van der Waals surface area contributed by atoms with Gasteiger partial charge < -0.3 is 10.1 Å². The molecule has 1 atom stereocenters. The highest BCUT2D eigenvalue weighted by molar-refractivity contribution is 7.89. The number of halogens is 3. The summed E-state index contributed by atoms with van der Waals surface area (Å²) in [5.41, 5.74) is 0.359. The first kappa shape index (κ1) is 21.5. The fourth-order valence-electron chi connectivity index (χ4n) is 2.90. The molecule has 10 heteroatoms. The molecule has 1 aromatic rings. The van der Waals surface area contributed by atoms with Gasteiger partial charge >= 0.3 is 6.18 Å². The Morgan fingerprint density at radius 3 is 2.52 bits per heavy atom. The normalized spacial score (nSPS) is 18.9. The maximum absolute atomic E-state index is 12.6. The topological polar surface area (TPSA) is 75.7 Å². The number of rotatable bonds is 7. The highest BCUT2D eigenvalue weighted by Gasteiger charge is 2.36. The molecule has 0 spiro atoms. The third kappa shape index (κ3) is 6.39. The van der Waals surface area contributed by atoms with Crippen molar-refractivity contribution in [3.8, 4) is 5.75 Å². The van der Waals surface area contributed by atoms with Crippen molar-refractivity contribution in [1.82, 2.24) is 4.31 Å². The highest BCUT2D eigenvalue weighted by Crippen LogP contribution is 2.24. The van der Waals surface area contributed by atoms with E-state index in [0.717, 1.165) is 6.42 Å². The van der Waals surface area contributed by atoms with Crippen LogP contribution in [-0.2, 0) is 14.8 Å². The molecule has 6 nitrogen and oxygen atoms in total. The van der Waals surface area contributed by atoms with Gasteiger partial charge in [0.25, 0.3) is 0 Å². The molecule has 0 aromatic heterocycles. The van der Waals surface area contributed by atoms with Crippen LogP contribution in [0.1, 0.15) is 32.6 Å². The summed E-state index contributed by atoms with van der Waals surface area (Å²) in [5, 5.41) is 2.63. The van der Waals surface area contributed by atoms with Gasteiger partial charge in [0.15, 0.2) is 6.61 Å². The van der Waals surface area contributed by atoms with E-state index in [-0.39, 0.29) is 11.5 Å². The number of benzene rings is 1. The molecular formula is C17H23F3N2O4S. The van der Waals surface area contributed by atoms with Crippen LogP contribution in [0.4, 0.5) is 18.9 Å². The number of carbonyl (C=O) groups excluding carboxylic acids is 1. The zero-order valence-corrected chi connectivity index (χ0v) is 15.8. The Labute approximate surface area is 156 Å². The van der Waals surface area contributed by atoms with E-state index in [4.69, 9.17) is 0 Å². The molecule has 2 rings (SSSR count). The van der Waals surface area contributed by atoms with Crippen LogP contribution in [-0.4, -0.2) is 49.8 Å². The number of nitrogens with one attached hydrogen (secondary N) is 1. The summed E-state index contributed by atoms with van der Waals surface area (Å²) in [5.74, 6) is -0.435. The van der Waals surface area contributed by atoms with Gasteiger partial charge in [-0.1, -0.05) is 13.3 Å². The third-order valence-electron chi connectivity index (χ3n) is 4.10. The lowest BCUT2D eigenvalue weighted by molar-refractivity contribution is -0.153. The predicted molar refractivity (Wildman–Crippen MR) is 95.0 cm³/mol. The Kier molecular flexibility index (Phi) is 7.10. The molecule has 1 aliphatic heterocycles. The van der Waals surface area contributed by atoms with E-state index in [9.17, 15) is 26.4 Å². The molecule has 0 bridgehead atoms. The van der Waals surface area contributed by atoms with E-state index < -0.39 is 34.8 Å². The SMILES string of the molecule is CCCS(=O)(=O)N1CCCCC1C(=O)Nc1ccc(OCC(F)(F)F)cc1. The van der Waals surface area contributed by atoms with Gasteiger partial charge in [-0.15, -0.1) is 0 Å². The first-order valence-corrected chi connectivity index (χ1v) is 10.3. The van der Waals surface area contributed by atoms with Gasteiger partial charge in [-0.25, -0.2) is 8.42 Å². The van der Waals surface area contributed by atoms with Crippen LogP contribution >= 0.6 is 0 Å². The number of sulfonamides is 1. The highest BCUT2D eigenvalue weighted by atomic mass is 32.2. The maximum atomic E-state index is 12.6. The van der Waals surface area contributed by atoms with Crippen molar-refractivity contribution >= 4 is 21.6 Å². The summed E-state index contributed by atoms with van der Waals surface area (Å²) in [7, 11) is -3.50. The van der Waals surface area contributed by atoms with Crippen molar-refractivity contribution in [2.45, 2.75) is 44.8 Å². The number of alkyl halides is 3. The maximum Gasteiger partial charge on any atom is 0.422 e. The van der Waals surface area contributed by atoms with Crippen LogP contribution in [0, 0.1) is 0 Å². The van der Waals surface area contributed by atoms with Gasteiger partial charge in [0.2, 0.25) is 15.9 Å². The number of amides is 1. The van der Waals surface area contributed by atoms with Gasteiger partial charge in [-0.3, -0.25) is 4.79 Å². The zero-order valence-electron chi connectivity index (χ0n) is 15.0. The molecule has 152 valence electrons. The van der Waals surface area contributed by atoms with Crippen molar-refractivity contribution in [3.63, 3.8) is 0 Å². The van der Waals surface area contributed by atoms with E-state index in [1.165, 1.54) is 28.6 Å². The average Bonchev–Trinajstić information content (AvgIpc) is 2.60. The standard InChI is InChI=1S/C17H23F3N2O4S/c1-2-11-27(24,25)22-10-4-3-5-15(22)16(23)21-13-6-8-14(9-7-13)26-12-17(18,19)20/h6-9,15H,2-5,10-12H2,1H3,(H,21,23). The molecule has 1 aliphatic rings. The average molecular weight is 408 g/mol. The Morgan fingerprint density at radius 1 is 1.26 bits per heavy atom. The summed E-state index contributed by atoms with van der Waals surface area (Å²) >= 11 is 0. The molecular weight excluding hydrogens is 385 g/mol. The molecule has 1 heterocycles. The number of anilines is 1. The molecule has 1 amide bonds. The molecule has 27 heavy (non-hydrogen) atoms. The van der Waals surface area contributed by atoms with Crippen molar-refractivity contribution in [2.24, 2.45) is 0 Å². The Hall–Kier alpha value is -1.81. The smallest absolute Gasteiger partial charge is 0.422 e. The monoisotopic (exact) mass is 408 g/mol. The van der Waals surface area contributed by atoms with Crippen molar-refractivity contribution < 1.29 is 31.1 Å². The largest absolute Gasteiger partial charge is 0.484 e. The van der Waals surface area contributed by atoms with Crippen LogP contribution in [0.2, 0.25) is 0 Å². The van der Waals surface area contributed by atoms with E-state index in [1.54, 1.807) is 6.92 Å². The Bertz CT molecular complexity index is 736. The van der Waals surface area contributed by atoms with Gasteiger partial charge in [0.1, 0.15) is 11.8 Å². The number of nitrogens with zero attached hydrogens (tertiary/aromatic N) is 1. The van der Waals surface area contributed by atoms with E-state index in [0.29, 0.717) is 31.5 Å². The lowest BCUT2D eigenvalue weighted by atomic mass is 10.0. The number of hydrogen-bond donors (Lipinski definition) is 1. The van der Waals surface area contributed by atoms with E-state index in [2.05, 4.69) is 10.1 Å². The number of hydrogen-bond acceptors (Lipinski definition) is 4. The minimum absolute atomic E-state index is 0.0119. The minimum Gasteiger partial charge on any atom is -0.484 e.